The Morgan fingerprint density at radius 1 is 0.870 bits per heavy atom. The van der Waals surface area contributed by atoms with Crippen LogP contribution in [-0.4, -0.2) is 32.5 Å². The quantitative estimate of drug-likeness (QED) is 0.412. The fraction of sp³-hybridized carbons (Fsp3) is 0.500. The summed E-state index contributed by atoms with van der Waals surface area (Å²) in [5.41, 5.74) is 1.15. The number of unbranched alkanes of at least 4 members (excludes halogenated alkanes) is 2. The lowest BCUT2D eigenvalue weighted by Crippen LogP contribution is -2.26. The van der Waals surface area contributed by atoms with Gasteiger partial charge in [0, 0.05) is 26.1 Å². The highest BCUT2D eigenvalue weighted by molar-refractivity contribution is 5.13. The Bertz CT molecular complexity index is 470. The Balaban J connectivity index is 2.25. The van der Waals surface area contributed by atoms with E-state index in [4.69, 9.17) is 27.1 Å². The van der Waals surface area contributed by atoms with Crippen molar-refractivity contribution < 1.29 is 14.2 Å². The molecule has 0 bridgehead atoms. The van der Waals surface area contributed by atoms with E-state index in [1.165, 1.54) is 0 Å². The summed E-state index contributed by atoms with van der Waals surface area (Å²) < 4.78 is 17.2. The lowest BCUT2D eigenvalue weighted by Gasteiger charge is -2.18. The summed E-state index contributed by atoms with van der Waals surface area (Å²) >= 11 is 0. The number of rotatable bonds is 13. The van der Waals surface area contributed by atoms with Crippen LogP contribution >= 0.6 is 0 Å². The molecule has 3 heteroatoms. The van der Waals surface area contributed by atoms with Crippen molar-refractivity contribution in [1.82, 2.24) is 0 Å². The van der Waals surface area contributed by atoms with Crippen LogP contribution < -0.4 is 0 Å². The summed E-state index contributed by atoms with van der Waals surface area (Å²) in [5.74, 6) is 5.21. The van der Waals surface area contributed by atoms with Crippen molar-refractivity contribution in [1.29, 1.82) is 0 Å². The molecule has 1 rings (SSSR count). The summed E-state index contributed by atoms with van der Waals surface area (Å²) in [7, 11) is 0. The monoisotopic (exact) mass is 314 g/mol. The SMILES string of the molecule is C#CCCCOCC(COCc1ccccc1)OCCCC#C. The van der Waals surface area contributed by atoms with Crippen molar-refractivity contribution >= 4 is 0 Å². The number of ether oxygens (including phenoxy) is 3. The van der Waals surface area contributed by atoms with Gasteiger partial charge in [-0.05, 0) is 18.4 Å². The van der Waals surface area contributed by atoms with E-state index in [1.54, 1.807) is 0 Å². The van der Waals surface area contributed by atoms with Gasteiger partial charge < -0.3 is 14.2 Å². The molecular formula is C20H26O3. The minimum Gasteiger partial charge on any atom is -0.379 e. The minimum atomic E-state index is -0.0812. The molecule has 1 aromatic carbocycles. The largest absolute Gasteiger partial charge is 0.379 e. The zero-order valence-electron chi connectivity index (χ0n) is 13.7. The zero-order chi connectivity index (χ0) is 16.6. The Labute approximate surface area is 140 Å². The maximum absolute atomic E-state index is 5.80. The van der Waals surface area contributed by atoms with E-state index in [2.05, 4.69) is 11.8 Å². The Morgan fingerprint density at radius 3 is 2.22 bits per heavy atom. The van der Waals surface area contributed by atoms with Crippen LogP contribution in [0.3, 0.4) is 0 Å². The van der Waals surface area contributed by atoms with Crippen LogP contribution in [0.5, 0.6) is 0 Å². The molecule has 0 aromatic heterocycles. The predicted octanol–water partition coefficient (Wildman–Crippen LogP) is 3.43. The van der Waals surface area contributed by atoms with Gasteiger partial charge >= 0.3 is 0 Å². The highest BCUT2D eigenvalue weighted by Gasteiger charge is 2.10. The van der Waals surface area contributed by atoms with Crippen molar-refractivity contribution in [3.05, 3.63) is 35.9 Å². The Hall–Kier alpha value is -1.78. The lowest BCUT2D eigenvalue weighted by atomic mass is 10.2. The highest BCUT2D eigenvalue weighted by atomic mass is 16.6. The highest BCUT2D eigenvalue weighted by Crippen LogP contribution is 2.04. The Morgan fingerprint density at radius 2 is 1.52 bits per heavy atom. The lowest BCUT2D eigenvalue weighted by molar-refractivity contribution is -0.0637. The normalized spacial score (nSPS) is 11.6. The molecule has 0 saturated carbocycles. The van der Waals surface area contributed by atoms with Gasteiger partial charge in [0.05, 0.1) is 19.8 Å². The molecule has 23 heavy (non-hydrogen) atoms. The second-order valence-corrected chi connectivity index (χ2v) is 5.18. The fourth-order valence-electron chi connectivity index (χ4n) is 1.94. The van der Waals surface area contributed by atoms with E-state index in [1.807, 2.05) is 30.3 Å². The number of hydrogen-bond acceptors (Lipinski definition) is 3. The van der Waals surface area contributed by atoms with Gasteiger partial charge in [-0.2, -0.15) is 0 Å². The summed E-state index contributed by atoms with van der Waals surface area (Å²) in [4.78, 5) is 0. The molecule has 0 aliphatic carbocycles. The average Bonchev–Trinajstić information content (AvgIpc) is 2.59. The molecule has 0 fully saturated rings. The van der Waals surface area contributed by atoms with Gasteiger partial charge in [-0.3, -0.25) is 0 Å². The van der Waals surface area contributed by atoms with Crippen molar-refractivity contribution in [2.45, 2.75) is 38.4 Å². The van der Waals surface area contributed by atoms with Crippen molar-refractivity contribution in [3.8, 4) is 24.7 Å². The molecule has 0 amide bonds. The second-order valence-electron chi connectivity index (χ2n) is 5.18. The van der Waals surface area contributed by atoms with E-state index in [0.717, 1.165) is 31.2 Å². The van der Waals surface area contributed by atoms with Crippen LogP contribution in [0.15, 0.2) is 30.3 Å². The first kappa shape index (κ1) is 19.3. The fourth-order valence-corrected chi connectivity index (χ4v) is 1.94. The molecule has 124 valence electrons. The van der Waals surface area contributed by atoms with Crippen LogP contribution in [-0.2, 0) is 20.8 Å². The predicted molar refractivity (Wildman–Crippen MR) is 92.8 cm³/mol. The maximum Gasteiger partial charge on any atom is 0.104 e. The van der Waals surface area contributed by atoms with Crippen molar-refractivity contribution in [2.75, 3.05) is 26.4 Å². The van der Waals surface area contributed by atoms with E-state index in [9.17, 15) is 0 Å². The topological polar surface area (TPSA) is 27.7 Å². The number of benzene rings is 1. The van der Waals surface area contributed by atoms with Gasteiger partial charge in [0.1, 0.15) is 6.10 Å². The molecule has 0 saturated heterocycles. The number of terminal acetylenes is 2. The average molecular weight is 314 g/mol. The Kier molecular flexibility index (Phi) is 11.6. The van der Waals surface area contributed by atoms with Gasteiger partial charge in [-0.15, -0.1) is 24.7 Å². The van der Waals surface area contributed by atoms with Crippen LogP contribution in [0.4, 0.5) is 0 Å². The first-order chi connectivity index (χ1) is 11.4. The standard InChI is InChI=1S/C20H26O3/c1-3-5-10-14-21-17-20(23-15-11-6-4-2)18-22-16-19-12-8-7-9-13-19/h1-2,7-9,12-13,20H,5-6,10-11,14-18H2. The molecule has 1 unspecified atom stereocenters. The first-order valence-electron chi connectivity index (χ1n) is 8.04. The maximum atomic E-state index is 5.80. The summed E-state index contributed by atoms with van der Waals surface area (Å²) in [6.07, 6.45) is 13.6. The molecule has 1 aromatic rings. The van der Waals surface area contributed by atoms with E-state index in [-0.39, 0.29) is 6.10 Å². The molecule has 0 aliphatic rings. The van der Waals surface area contributed by atoms with Gasteiger partial charge in [0.15, 0.2) is 0 Å². The van der Waals surface area contributed by atoms with Crippen LogP contribution in [0.25, 0.3) is 0 Å². The van der Waals surface area contributed by atoms with Crippen molar-refractivity contribution in [2.24, 2.45) is 0 Å². The van der Waals surface area contributed by atoms with Crippen LogP contribution in [0.2, 0.25) is 0 Å². The second kappa shape index (κ2) is 13.9. The molecule has 0 heterocycles. The molecular weight excluding hydrogens is 288 g/mol. The molecule has 0 radical (unpaired) electrons. The van der Waals surface area contributed by atoms with Gasteiger partial charge in [0.25, 0.3) is 0 Å². The smallest absolute Gasteiger partial charge is 0.104 e. The molecule has 1 atom stereocenters. The molecule has 0 spiro atoms. The molecule has 0 N–H and O–H groups in total. The van der Waals surface area contributed by atoms with E-state index >= 15 is 0 Å². The van der Waals surface area contributed by atoms with Gasteiger partial charge in [-0.1, -0.05) is 30.3 Å². The van der Waals surface area contributed by atoms with Gasteiger partial charge in [-0.25, -0.2) is 0 Å². The summed E-state index contributed by atoms with van der Waals surface area (Å²) in [5, 5.41) is 0. The minimum absolute atomic E-state index is 0.0812. The van der Waals surface area contributed by atoms with Crippen LogP contribution in [0.1, 0.15) is 31.2 Å². The molecule has 3 nitrogen and oxygen atoms in total. The third-order valence-electron chi connectivity index (χ3n) is 3.15. The van der Waals surface area contributed by atoms with E-state index in [0.29, 0.717) is 33.0 Å². The summed E-state index contributed by atoms with van der Waals surface area (Å²) in [6.45, 7) is 2.85. The third-order valence-corrected chi connectivity index (χ3v) is 3.15. The van der Waals surface area contributed by atoms with Crippen LogP contribution in [0, 0.1) is 24.7 Å². The first-order valence-corrected chi connectivity index (χ1v) is 8.04. The summed E-state index contributed by atoms with van der Waals surface area (Å²) in [6, 6.07) is 10.1. The van der Waals surface area contributed by atoms with Crippen molar-refractivity contribution in [3.63, 3.8) is 0 Å². The van der Waals surface area contributed by atoms with E-state index < -0.39 is 0 Å². The van der Waals surface area contributed by atoms with Gasteiger partial charge in [0.2, 0.25) is 0 Å². The third kappa shape index (κ3) is 10.6. The molecule has 0 aliphatic heterocycles. The number of hydrogen-bond donors (Lipinski definition) is 0. The zero-order valence-corrected chi connectivity index (χ0v) is 13.7.